The van der Waals surface area contributed by atoms with Crippen LogP contribution in [0.15, 0.2) is 54.6 Å². The predicted octanol–water partition coefficient (Wildman–Crippen LogP) is 2.07. The molecule has 1 unspecified atom stereocenters. The first-order valence-electron chi connectivity index (χ1n) is 8.47. The SMILES string of the molecule is COc1cccc(COCC(O)CN(CCO)Cc2ccccc2)c1. The average molecular weight is 345 g/mol. The summed E-state index contributed by atoms with van der Waals surface area (Å²) in [7, 11) is 1.63. The van der Waals surface area contributed by atoms with Gasteiger partial charge in [0.15, 0.2) is 0 Å². The summed E-state index contributed by atoms with van der Waals surface area (Å²) in [5.41, 5.74) is 2.16. The average Bonchev–Trinajstić information content (AvgIpc) is 2.63. The number of rotatable bonds is 11. The Morgan fingerprint density at radius 3 is 2.52 bits per heavy atom. The monoisotopic (exact) mass is 345 g/mol. The Bertz CT molecular complexity index is 606. The standard InChI is InChI=1S/C20H27NO4/c1-24-20-9-5-8-18(12-20)15-25-16-19(23)14-21(10-11-22)13-17-6-3-2-4-7-17/h2-9,12,19,22-23H,10-11,13-16H2,1H3. The van der Waals surface area contributed by atoms with Crippen molar-refractivity contribution < 1.29 is 19.7 Å². The van der Waals surface area contributed by atoms with Gasteiger partial charge >= 0.3 is 0 Å². The first kappa shape index (κ1) is 19.4. The molecular weight excluding hydrogens is 318 g/mol. The van der Waals surface area contributed by atoms with Gasteiger partial charge in [0.25, 0.3) is 0 Å². The highest BCUT2D eigenvalue weighted by Crippen LogP contribution is 2.13. The van der Waals surface area contributed by atoms with Gasteiger partial charge in [0, 0.05) is 19.6 Å². The summed E-state index contributed by atoms with van der Waals surface area (Å²) in [6.45, 7) is 2.38. The summed E-state index contributed by atoms with van der Waals surface area (Å²) in [6, 6.07) is 17.7. The van der Waals surface area contributed by atoms with E-state index >= 15 is 0 Å². The predicted molar refractivity (Wildman–Crippen MR) is 97.5 cm³/mol. The molecule has 0 aliphatic carbocycles. The summed E-state index contributed by atoms with van der Waals surface area (Å²) >= 11 is 0. The van der Waals surface area contributed by atoms with Gasteiger partial charge in [-0.3, -0.25) is 4.90 Å². The Morgan fingerprint density at radius 1 is 1.04 bits per heavy atom. The molecule has 136 valence electrons. The van der Waals surface area contributed by atoms with Crippen LogP contribution < -0.4 is 4.74 Å². The first-order valence-corrected chi connectivity index (χ1v) is 8.47. The second-order valence-electron chi connectivity index (χ2n) is 5.96. The number of nitrogens with zero attached hydrogens (tertiary/aromatic N) is 1. The highest BCUT2D eigenvalue weighted by molar-refractivity contribution is 5.27. The Kier molecular flexibility index (Phi) is 8.42. The van der Waals surface area contributed by atoms with Crippen molar-refractivity contribution in [2.75, 3.05) is 33.4 Å². The lowest BCUT2D eigenvalue weighted by Gasteiger charge is -2.24. The van der Waals surface area contributed by atoms with Gasteiger partial charge < -0.3 is 19.7 Å². The summed E-state index contributed by atoms with van der Waals surface area (Å²) < 4.78 is 10.8. The van der Waals surface area contributed by atoms with Gasteiger partial charge in [0.2, 0.25) is 0 Å². The van der Waals surface area contributed by atoms with E-state index in [0.29, 0.717) is 26.2 Å². The molecule has 0 saturated carbocycles. The molecule has 0 bridgehead atoms. The maximum Gasteiger partial charge on any atom is 0.119 e. The van der Waals surface area contributed by atoms with Crippen LogP contribution in [0, 0.1) is 0 Å². The van der Waals surface area contributed by atoms with Crippen LogP contribution in [0.5, 0.6) is 5.75 Å². The molecule has 0 heterocycles. The van der Waals surface area contributed by atoms with Crippen LogP contribution >= 0.6 is 0 Å². The van der Waals surface area contributed by atoms with Crippen LogP contribution in [0.3, 0.4) is 0 Å². The molecule has 2 rings (SSSR count). The van der Waals surface area contributed by atoms with E-state index in [1.165, 1.54) is 0 Å². The van der Waals surface area contributed by atoms with Crippen LogP contribution in [0.4, 0.5) is 0 Å². The molecule has 2 aromatic carbocycles. The molecule has 0 aliphatic rings. The topological polar surface area (TPSA) is 62.2 Å². The van der Waals surface area contributed by atoms with Crippen molar-refractivity contribution in [3.63, 3.8) is 0 Å². The molecule has 5 heteroatoms. The molecule has 0 radical (unpaired) electrons. The van der Waals surface area contributed by atoms with Crippen molar-refractivity contribution >= 4 is 0 Å². The molecular formula is C20H27NO4. The van der Waals surface area contributed by atoms with Crippen molar-refractivity contribution in [3.8, 4) is 5.75 Å². The van der Waals surface area contributed by atoms with Crippen molar-refractivity contribution in [1.82, 2.24) is 4.90 Å². The van der Waals surface area contributed by atoms with Crippen molar-refractivity contribution in [2.24, 2.45) is 0 Å². The zero-order valence-corrected chi connectivity index (χ0v) is 14.7. The number of ether oxygens (including phenoxy) is 2. The third-order valence-corrected chi connectivity index (χ3v) is 3.85. The fourth-order valence-corrected chi connectivity index (χ4v) is 2.64. The van der Waals surface area contributed by atoms with Gasteiger partial charge in [-0.1, -0.05) is 42.5 Å². The summed E-state index contributed by atoms with van der Waals surface area (Å²) in [4.78, 5) is 2.02. The molecule has 5 nitrogen and oxygen atoms in total. The van der Waals surface area contributed by atoms with Crippen LogP contribution in [0.1, 0.15) is 11.1 Å². The second kappa shape index (κ2) is 10.8. The van der Waals surface area contributed by atoms with Crippen molar-refractivity contribution in [1.29, 1.82) is 0 Å². The number of methoxy groups -OCH3 is 1. The molecule has 2 aromatic rings. The highest BCUT2D eigenvalue weighted by atomic mass is 16.5. The van der Waals surface area contributed by atoms with E-state index in [-0.39, 0.29) is 13.2 Å². The second-order valence-corrected chi connectivity index (χ2v) is 5.96. The lowest BCUT2D eigenvalue weighted by Crippen LogP contribution is -2.36. The Balaban J connectivity index is 1.77. The minimum atomic E-state index is -0.610. The largest absolute Gasteiger partial charge is 0.497 e. The summed E-state index contributed by atoms with van der Waals surface area (Å²) in [5.74, 6) is 0.790. The van der Waals surface area contributed by atoms with Gasteiger partial charge in [-0.25, -0.2) is 0 Å². The van der Waals surface area contributed by atoms with E-state index in [4.69, 9.17) is 9.47 Å². The lowest BCUT2D eigenvalue weighted by atomic mass is 10.2. The molecule has 0 aromatic heterocycles. The van der Waals surface area contributed by atoms with E-state index in [2.05, 4.69) is 0 Å². The first-order chi connectivity index (χ1) is 12.2. The number of aliphatic hydroxyl groups is 2. The van der Waals surface area contributed by atoms with E-state index < -0.39 is 6.10 Å². The Labute approximate surface area is 149 Å². The quantitative estimate of drug-likeness (QED) is 0.653. The molecule has 0 saturated heterocycles. The van der Waals surface area contributed by atoms with E-state index in [1.54, 1.807) is 7.11 Å². The molecule has 1 atom stereocenters. The van der Waals surface area contributed by atoms with E-state index in [9.17, 15) is 10.2 Å². The lowest BCUT2D eigenvalue weighted by molar-refractivity contribution is 0.00616. The summed E-state index contributed by atoms with van der Waals surface area (Å²) in [5, 5.41) is 19.5. The molecule has 25 heavy (non-hydrogen) atoms. The normalized spacial score (nSPS) is 12.3. The van der Waals surface area contributed by atoms with Crippen molar-refractivity contribution in [3.05, 3.63) is 65.7 Å². The molecule has 0 aliphatic heterocycles. The summed E-state index contributed by atoms with van der Waals surface area (Å²) in [6.07, 6.45) is -0.610. The van der Waals surface area contributed by atoms with Crippen LogP contribution in [0.2, 0.25) is 0 Å². The van der Waals surface area contributed by atoms with Crippen LogP contribution in [0.25, 0.3) is 0 Å². The fourth-order valence-electron chi connectivity index (χ4n) is 2.64. The maximum absolute atomic E-state index is 10.2. The fraction of sp³-hybridized carbons (Fsp3) is 0.400. The molecule has 0 fully saturated rings. The van der Waals surface area contributed by atoms with Crippen LogP contribution in [-0.2, 0) is 17.9 Å². The van der Waals surface area contributed by atoms with Gasteiger partial charge in [-0.15, -0.1) is 0 Å². The minimum absolute atomic E-state index is 0.0597. The molecule has 0 amide bonds. The molecule has 2 N–H and O–H groups in total. The zero-order chi connectivity index (χ0) is 17.9. The number of benzene rings is 2. The Morgan fingerprint density at radius 2 is 1.80 bits per heavy atom. The number of aliphatic hydroxyl groups excluding tert-OH is 2. The van der Waals surface area contributed by atoms with Gasteiger partial charge in [0.1, 0.15) is 5.75 Å². The number of hydrogen-bond acceptors (Lipinski definition) is 5. The zero-order valence-electron chi connectivity index (χ0n) is 14.7. The van der Waals surface area contributed by atoms with Crippen LogP contribution in [-0.4, -0.2) is 54.6 Å². The van der Waals surface area contributed by atoms with E-state index in [1.807, 2.05) is 59.5 Å². The van der Waals surface area contributed by atoms with Gasteiger partial charge in [-0.05, 0) is 23.3 Å². The third kappa shape index (κ3) is 7.23. The number of hydrogen-bond donors (Lipinski definition) is 2. The molecule has 0 spiro atoms. The minimum Gasteiger partial charge on any atom is -0.497 e. The Hall–Kier alpha value is -1.92. The van der Waals surface area contributed by atoms with Gasteiger partial charge in [0.05, 0.1) is 33.0 Å². The smallest absolute Gasteiger partial charge is 0.119 e. The van der Waals surface area contributed by atoms with E-state index in [0.717, 1.165) is 16.9 Å². The third-order valence-electron chi connectivity index (χ3n) is 3.85. The van der Waals surface area contributed by atoms with Crippen molar-refractivity contribution in [2.45, 2.75) is 19.3 Å². The van der Waals surface area contributed by atoms with Gasteiger partial charge in [-0.2, -0.15) is 0 Å². The maximum atomic E-state index is 10.2. The highest BCUT2D eigenvalue weighted by Gasteiger charge is 2.12.